The molecule has 2 N–H and O–H groups in total. The predicted molar refractivity (Wildman–Crippen MR) is 144 cm³/mol. The first-order valence-corrected chi connectivity index (χ1v) is 13.4. The Morgan fingerprint density at radius 1 is 1.05 bits per heavy atom. The third-order valence-corrected chi connectivity index (χ3v) is 7.35. The largest absolute Gasteiger partial charge is 1.00 e. The Kier molecular flexibility index (Phi) is 10.0. The van der Waals surface area contributed by atoms with E-state index in [9.17, 15) is 22.9 Å². The van der Waals surface area contributed by atoms with Crippen molar-refractivity contribution in [2.24, 2.45) is 10.2 Å². The van der Waals surface area contributed by atoms with Crippen LogP contribution in [0.25, 0.3) is 10.8 Å². The second-order valence-corrected chi connectivity index (χ2v) is 10.2. The number of carbonyl (C=O) groups is 1. The predicted octanol–water partition coefficient (Wildman–Crippen LogP) is 3.85. The van der Waals surface area contributed by atoms with Crippen LogP contribution in [0, 0.1) is 6.92 Å². The summed E-state index contributed by atoms with van der Waals surface area (Å²) in [6.45, 7) is 3.67. The number of halogens is 2. The maximum atomic E-state index is 13.4. The minimum atomic E-state index is -4.64. The third-order valence-electron chi connectivity index (χ3n) is 5.56. The van der Waals surface area contributed by atoms with E-state index in [1.54, 1.807) is 42.5 Å². The molecule has 0 radical (unpaired) electrons. The fourth-order valence-electron chi connectivity index (χ4n) is 3.80. The average Bonchev–Trinajstić information content (AvgIpc) is 2.85. The summed E-state index contributed by atoms with van der Waals surface area (Å²) in [5.41, 5.74) is 0.0503. The van der Waals surface area contributed by atoms with Gasteiger partial charge in [0, 0.05) is 17.0 Å². The Labute approximate surface area is 256 Å². The van der Waals surface area contributed by atoms with Crippen LogP contribution in [0.5, 0.6) is 11.5 Å². The molecule has 1 amide bonds. The number of carbonyl (C=O) groups excluding carboxylic acids is 1. The number of hydrogen-bond donors (Lipinski definition) is 2. The molecule has 0 aliphatic carbocycles. The Bertz CT molecular complexity index is 1710. The maximum Gasteiger partial charge on any atom is 1.00 e. The number of hydrogen-bond acceptors (Lipinski definition) is 7. The van der Waals surface area contributed by atoms with Gasteiger partial charge in [-0.25, -0.2) is 0 Å². The zero-order valence-electron chi connectivity index (χ0n) is 21.0. The molecule has 39 heavy (non-hydrogen) atoms. The van der Waals surface area contributed by atoms with Gasteiger partial charge in [-0.3, -0.25) is 9.35 Å². The van der Waals surface area contributed by atoms with E-state index in [4.69, 9.17) is 27.9 Å². The number of benzene rings is 4. The maximum absolute atomic E-state index is 13.4. The minimum absolute atomic E-state index is 0. The molecular formula is C26H20Cl2N3NaO6S. The molecule has 4 rings (SSSR count). The summed E-state index contributed by atoms with van der Waals surface area (Å²) in [5, 5.41) is 25.2. The van der Waals surface area contributed by atoms with Gasteiger partial charge in [0.1, 0.15) is 10.6 Å². The minimum Gasteiger partial charge on any atom is -0.870 e. The summed E-state index contributed by atoms with van der Waals surface area (Å²) in [6, 6.07) is 15.6. The van der Waals surface area contributed by atoms with Crippen molar-refractivity contribution in [2.75, 3.05) is 11.9 Å². The Morgan fingerprint density at radius 3 is 2.44 bits per heavy atom. The van der Waals surface area contributed by atoms with Gasteiger partial charge in [-0.2, -0.15) is 18.6 Å². The summed E-state index contributed by atoms with van der Waals surface area (Å²) in [6.07, 6.45) is 0. The smallest absolute Gasteiger partial charge is 0.870 e. The number of nitrogens with one attached hydrogen (secondary N) is 1. The van der Waals surface area contributed by atoms with Crippen molar-refractivity contribution in [3.63, 3.8) is 0 Å². The van der Waals surface area contributed by atoms with Gasteiger partial charge in [0.05, 0.1) is 33.7 Å². The van der Waals surface area contributed by atoms with Crippen LogP contribution in [0.3, 0.4) is 0 Å². The van der Waals surface area contributed by atoms with Gasteiger partial charge in [0.15, 0.2) is 0 Å². The number of rotatable bonds is 7. The Balaban J connectivity index is 0.00000420. The fourth-order valence-corrected chi connectivity index (χ4v) is 5.32. The van der Waals surface area contributed by atoms with Crippen LogP contribution in [0.4, 0.5) is 17.1 Å². The molecule has 0 bridgehead atoms. The van der Waals surface area contributed by atoms with Gasteiger partial charge < -0.3 is 15.2 Å². The summed E-state index contributed by atoms with van der Waals surface area (Å²) >= 11 is 12.2. The molecule has 0 aliphatic rings. The molecule has 0 atom stereocenters. The summed E-state index contributed by atoms with van der Waals surface area (Å²) in [7, 11) is -4.64. The fraction of sp³-hybridized carbons (Fsp3) is 0.115. The number of ether oxygens (including phenoxy) is 1. The van der Waals surface area contributed by atoms with Crippen molar-refractivity contribution in [2.45, 2.75) is 18.7 Å². The summed E-state index contributed by atoms with van der Waals surface area (Å²) in [4.78, 5) is 12.6. The van der Waals surface area contributed by atoms with Gasteiger partial charge in [-0.05, 0) is 55.1 Å². The molecule has 9 nitrogen and oxygen atoms in total. The Hall–Kier alpha value is -2.70. The van der Waals surface area contributed by atoms with Crippen molar-refractivity contribution in [1.29, 1.82) is 0 Å². The molecule has 0 spiro atoms. The van der Waals surface area contributed by atoms with Gasteiger partial charge in [0.2, 0.25) is 0 Å². The van der Waals surface area contributed by atoms with E-state index < -0.39 is 26.7 Å². The molecule has 0 saturated heterocycles. The first-order valence-electron chi connectivity index (χ1n) is 11.2. The van der Waals surface area contributed by atoms with Crippen molar-refractivity contribution < 1.29 is 57.2 Å². The van der Waals surface area contributed by atoms with Crippen molar-refractivity contribution in [1.82, 2.24) is 0 Å². The van der Waals surface area contributed by atoms with E-state index in [1.807, 2.05) is 6.92 Å². The number of azo groups is 1. The van der Waals surface area contributed by atoms with Crippen LogP contribution in [-0.2, 0) is 10.1 Å². The van der Waals surface area contributed by atoms with E-state index in [1.165, 1.54) is 25.1 Å². The van der Waals surface area contributed by atoms with Crippen LogP contribution in [0.15, 0.2) is 75.8 Å². The van der Waals surface area contributed by atoms with Gasteiger partial charge >= 0.3 is 29.6 Å². The molecule has 196 valence electrons. The quantitative estimate of drug-likeness (QED) is 0.189. The first kappa shape index (κ1) is 30.8. The van der Waals surface area contributed by atoms with Crippen molar-refractivity contribution >= 4 is 67.1 Å². The van der Waals surface area contributed by atoms with Crippen LogP contribution < -0.4 is 44.7 Å². The van der Waals surface area contributed by atoms with Gasteiger partial charge in [-0.15, -0.1) is 0 Å². The molecule has 4 aromatic rings. The number of fused-ring (bicyclic) bond motifs is 1. The number of nitrogens with zero attached hydrogens (tertiary/aromatic N) is 2. The molecule has 0 aromatic heterocycles. The molecule has 0 saturated carbocycles. The normalized spacial score (nSPS) is 11.4. The van der Waals surface area contributed by atoms with Crippen molar-refractivity contribution in [3.8, 4) is 11.5 Å². The summed E-state index contributed by atoms with van der Waals surface area (Å²) in [5.74, 6) is -0.878. The first-order chi connectivity index (χ1) is 18.0. The summed E-state index contributed by atoms with van der Waals surface area (Å²) < 4.78 is 38.4. The topological polar surface area (TPSA) is 140 Å². The van der Waals surface area contributed by atoms with Gasteiger partial charge in [-0.1, -0.05) is 53.2 Å². The zero-order chi connectivity index (χ0) is 27.6. The van der Waals surface area contributed by atoms with Crippen molar-refractivity contribution in [3.05, 3.63) is 81.8 Å². The molecule has 0 fully saturated rings. The zero-order valence-corrected chi connectivity index (χ0v) is 25.4. The van der Waals surface area contributed by atoms with E-state index in [0.717, 1.165) is 0 Å². The molecule has 0 heterocycles. The molecular weight excluding hydrogens is 576 g/mol. The second-order valence-electron chi connectivity index (χ2n) is 8.05. The molecule has 0 aliphatic heterocycles. The van der Waals surface area contributed by atoms with Crippen LogP contribution >= 0.6 is 23.2 Å². The van der Waals surface area contributed by atoms with Crippen LogP contribution in [0.1, 0.15) is 22.8 Å². The SMILES string of the molecule is CCOc1ccc(NC(=O)c2cc3ccccc3c(N=Nc3ccc(Cl)c(S(=O)(=O)O)c3C)c2[O-])c(Cl)c1.[Na+]. The molecule has 4 aromatic carbocycles. The molecule has 0 unspecified atom stereocenters. The van der Waals surface area contributed by atoms with E-state index >= 15 is 0 Å². The van der Waals surface area contributed by atoms with E-state index in [-0.39, 0.29) is 67.8 Å². The third kappa shape index (κ3) is 6.72. The Morgan fingerprint density at radius 2 is 1.77 bits per heavy atom. The van der Waals surface area contributed by atoms with E-state index in [2.05, 4.69) is 15.5 Å². The second kappa shape index (κ2) is 12.6. The number of anilines is 1. The average molecular weight is 596 g/mol. The molecule has 13 heteroatoms. The van der Waals surface area contributed by atoms with E-state index in [0.29, 0.717) is 23.1 Å². The van der Waals surface area contributed by atoms with Crippen LogP contribution in [0.2, 0.25) is 10.0 Å². The van der Waals surface area contributed by atoms with Crippen LogP contribution in [-0.4, -0.2) is 25.5 Å². The van der Waals surface area contributed by atoms with Gasteiger partial charge in [0.25, 0.3) is 16.0 Å². The number of amides is 1. The standard InChI is InChI=1S/C26H21Cl2N3O6S.Na/c1-3-37-16-8-10-22(20(28)13-16)29-26(33)18-12-15-6-4-5-7-17(15)23(24(18)32)31-30-21-11-9-19(27)25(14(21)2)38(34,35)36;/h4-13,32H,3H2,1-2H3,(H,29,33)(H,34,35,36);/q;+1/p-1. The monoisotopic (exact) mass is 595 g/mol.